The number of fused-ring (bicyclic) bond motifs is 8. The van der Waals surface area contributed by atoms with Gasteiger partial charge in [-0.05, 0) is 42.1 Å². The van der Waals surface area contributed by atoms with Crippen LogP contribution in [0.2, 0.25) is 0 Å². The normalized spacial score (nSPS) is 11.8. The maximum atomic E-state index is 11.9. The summed E-state index contributed by atoms with van der Waals surface area (Å²) < 4.78 is 0. The van der Waals surface area contributed by atoms with Crippen LogP contribution in [0.25, 0.3) is 43.4 Å². The number of H-pyrrole nitrogens is 1. The molecule has 0 saturated carbocycles. The Balaban J connectivity index is 2.14. The molecule has 1 heterocycles. The first-order valence-corrected chi connectivity index (χ1v) is 8.51. The summed E-state index contributed by atoms with van der Waals surface area (Å²) in [6.45, 7) is 3.73. The molecule has 5 aromatic rings. The fraction of sp³-hybridized carbons (Fsp3) is 0.0870. The summed E-state index contributed by atoms with van der Waals surface area (Å²) in [6.07, 6.45) is 0. The molecule has 0 amide bonds. The van der Waals surface area contributed by atoms with Crippen molar-refractivity contribution < 1.29 is 4.79 Å². The van der Waals surface area contributed by atoms with Crippen molar-refractivity contribution in [3.05, 3.63) is 71.8 Å². The molecule has 120 valence electrons. The average molecular weight is 323 g/mol. The molecule has 5 rings (SSSR count). The molecule has 0 spiro atoms. The van der Waals surface area contributed by atoms with Gasteiger partial charge < -0.3 is 4.98 Å². The van der Waals surface area contributed by atoms with Crippen LogP contribution in [-0.2, 0) is 0 Å². The number of aromatic nitrogens is 1. The molecule has 0 radical (unpaired) electrons. The van der Waals surface area contributed by atoms with Crippen molar-refractivity contribution >= 4 is 49.1 Å². The minimum Gasteiger partial charge on any atom is -0.354 e. The summed E-state index contributed by atoms with van der Waals surface area (Å²) in [5, 5.41) is 7.18. The second kappa shape index (κ2) is 4.93. The van der Waals surface area contributed by atoms with E-state index < -0.39 is 0 Å². The summed E-state index contributed by atoms with van der Waals surface area (Å²) in [6, 6.07) is 21.0. The van der Waals surface area contributed by atoms with Crippen LogP contribution in [0.1, 0.15) is 22.8 Å². The van der Waals surface area contributed by atoms with Crippen LogP contribution in [0, 0.1) is 6.92 Å². The topological polar surface area (TPSA) is 32.9 Å². The van der Waals surface area contributed by atoms with Crippen molar-refractivity contribution in [2.45, 2.75) is 13.8 Å². The predicted octanol–water partition coefficient (Wildman–Crippen LogP) is 6.14. The Morgan fingerprint density at radius 3 is 2.40 bits per heavy atom. The van der Waals surface area contributed by atoms with Gasteiger partial charge in [0, 0.05) is 27.2 Å². The van der Waals surface area contributed by atoms with Crippen LogP contribution < -0.4 is 0 Å². The van der Waals surface area contributed by atoms with Crippen molar-refractivity contribution in [2.75, 3.05) is 0 Å². The van der Waals surface area contributed by atoms with Gasteiger partial charge in [-0.2, -0.15) is 0 Å². The van der Waals surface area contributed by atoms with Gasteiger partial charge in [-0.15, -0.1) is 0 Å². The van der Waals surface area contributed by atoms with E-state index in [2.05, 4.69) is 60.4 Å². The van der Waals surface area contributed by atoms with Gasteiger partial charge in [0.15, 0.2) is 5.78 Å². The molecule has 0 unspecified atom stereocenters. The van der Waals surface area contributed by atoms with Gasteiger partial charge >= 0.3 is 0 Å². The minimum absolute atomic E-state index is 0.0988. The highest BCUT2D eigenvalue weighted by Crippen LogP contribution is 2.39. The van der Waals surface area contributed by atoms with Gasteiger partial charge in [-0.3, -0.25) is 4.79 Å². The fourth-order valence-corrected chi connectivity index (χ4v) is 3.93. The second-order valence-electron chi connectivity index (χ2n) is 6.79. The fourth-order valence-electron chi connectivity index (χ4n) is 3.93. The van der Waals surface area contributed by atoms with E-state index in [9.17, 15) is 4.79 Å². The lowest BCUT2D eigenvalue weighted by atomic mass is 9.94. The summed E-state index contributed by atoms with van der Waals surface area (Å²) in [7, 11) is 0. The van der Waals surface area contributed by atoms with Crippen LogP contribution in [0.3, 0.4) is 0 Å². The Bertz CT molecular complexity index is 1320. The highest BCUT2D eigenvalue weighted by Gasteiger charge is 2.14. The maximum absolute atomic E-state index is 11.9. The molecule has 1 aromatic heterocycles. The molecule has 2 nitrogen and oxygen atoms in total. The van der Waals surface area contributed by atoms with Crippen molar-refractivity contribution in [3.63, 3.8) is 0 Å². The zero-order valence-corrected chi connectivity index (χ0v) is 14.2. The monoisotopic (exact) mass is 323 g/mol. The molecule has 0 bridgehead atoms. The first kappa shape index (κ1) is 14.2. The molecule has 0 fully saturated rings. The molecular weight excluding hydrogens is 306 g/mol. The van der Waals surface area contributed by atoms with E-state index in [0.717, 1.165) is 16.5 Å². The van der Waals surface area contributed by atoms with E-state index in [1.54, 1.807) is 6.92 Å². The van der Waals surface area contributed by atoms with Crippen LogP contribution >= 0.6 is 0 Å². The van der Waals surface area contributed by atoms with Gasteiger partial charge in [0.1, 0.15) is 0 Å². The number of aryl methyl sites for hydroxylation is 1. The van der Waals surface area contributed by atoms with Crippen molar-refractivity contribution in [1.82, 2.24) is 4.98 Å². The Morgan fingerprint density at radius 2 is 1.56 bits per heavy atom. The Morgan fingerprint density at radius 1 is 0.800 bits per heavy atom. The van der Waals surface area contributed by atoms with E-state index >= 15 is 0 Å². The smallest absolute Gasteiger partial charge is 0.159 e. The first-order valence-electron chi connectivity index (χ1n) is 8.51. The highest BCUT2D eigenvalue weighted by atomic mass is 16.1. The van der Waals surface area contributed by atoms with E-state index in [0.29, 0.717) is 0 Å². The molecule has 0 atom stereocenters. The van der Waals surface area contributed by atoms with Crippen LogP contribution in [-0.4, -0.2) is 10.8 Å². The Hall–Kier alpha value is -3.13. The second-order valence-corrected chi connectivity index (χ2v) is 6.79. The molecule has 4 aromatic carbocycles. The summed E-state index contributed by atoms with van der Waals surface area (Å²) in [4.78, 5) is 15.5. The van der Waals surface area contributed by atoms with Crippen LogP contribution in [0.5, 0.6) is 0 Å². The minimum atomic E-state index is 0.0988. The summed E-state index contributed by atoms with van der Waals surface area (Å²) in [5.74, 6) is 0.0988. The van der Waals surface area contributed by atoms with E-state index in [1.165, 1.54) is 38.0 Å². The standard InChI is InChI=1S/C23H17NO/c1-13-7-9-17-19(11-13)20-12-15(14(2)25)8-10-16(20)22-18-5-3-4-6-21(18)24-23(17)22/h3-12,24H,1-2H3. The number of ketones is 1. The molecule has 0 aliphatic carbocycles. The summed E-state index contributed by atoms with van der Waals surface area (Å²) >= 11 is 0. The number of benzene rings is 4. The number of hydrogen-bond donors (Lipinski definition) is 1. The first-order chi connectivity index (χ1) is 12.1. The van der Waals surface area contributed by atoms with Crippen LogP contribution in [0.15, 0.2) is 60.7 Å². The molecule has 1 N–H and O–H groups in total. The molecule has 25 heavy (non-hydrogen) atoms. The molecule has 2 heteroatoms. The lowest BCUT2D eigenvalue weighted by molar-refractivity contribution is 0.101. The molecule has 0 aliphatic heterocycles. The van der Waals surface area contributed by atoms with Gasteiger partial charge in [-0.1, -0.05) is 54.1 Å². The quantitative estimate of drug-likeness (QED) is 0.292. The average Bonchev–Trinajstić information content (AvgIpc) is 3.01. The highest BCUT2D eigenvalue weighted by molar-refractivity contribution is 6.31. The van der Waals surface area contributed by atoms with Gasteiger partial charge in [0.05, 0.1) is 5.52 Å². The maximum Gasteiger partial charge on any atom is 0.159 e. The largest absolute Gasteiger partial charge is 0.354 e. The molecule has 0 saturated heterocycles. The van der Waals surface area contributed by atoms with Gasteiger partial charge in [-0.25, -0.2) is 0 Å². The zero-order chi connectivity index (χ0) is 17.1. The van der Waals surface area contributed by atoms with Crippen molar-refractivity contribution in [3.8, 4) is 0 Å². The van der Waals surface area contributed by atoms with Crippen LogP contribution in [0.4, 0.5) is 0 Å². The SMILES string of the molecule is CC(=O)c1ccc2c(c1)c1cc(C)ccc1c1[nH]c3ccccc3c21. The van der Waals surface area contributed by atoms with E-state index in [-0.39, 0.29) is 5.78 Å². The number of carbonyl (C=O) groups is 1. The number of hydrogen-bond acceptors (Lipinski definition) is 1. The van der Waals surface area contributed by atoms with Gasteiger partial charge in [0.25, 0.3) is 0 Å². The number of Topliss-reactive ketones (excluding diaryl/α,β-unsaturated/α-hetero) is 1. The lowest BCUT2D eigenvalue weighted by Gasteiger charge is -2.09. The number of para-hydroxylation sites is 1. The zero-order valence-electron chi connectivity index (χ0n) is 14.2. The molecule has 0 aliphatic rings. The predicted molar refractivity (Wildman–Crippen MR) is 106 cm³/mol. The van der Waals surface area contributed by atoms with Gasteiger partial charge in [0.2, 0.25) is 0 Å². The summed E-state index contributed by atoms with van der Waals surface area (Å²) in [5.41, 5.74) is 4.29. The third kappa shape index (κ3) is 1.94. The third-order valence-corrected chi connectivity index (χ3v) is 5.14. The third-order valence-electron chi connectivity index (χ3n) is 5.14. The number of nitrogens with one attached hydrogen (secondary N) is 1. The number of aromatic amines is 1. The van der Waals surface area contributed by atoms with Crippen molar-refractivity contribution in [1.29, 1.82) is 0 Å². The van der Waals surface area contributed by atoms with Crippen molar-refractivity contribution in [2.24, 2.45) is 0 Å². The molecular formula is C23H17NO. The Kier molecular flexibility index (Phi) is 2.81. The Labute approximate surface area is 145 Å². The number of rotatable bonds is 1. The lowest BCUT2D eigenvalue weighted by Crippen LogP contribution is -1.92. The van der Waals surface area contributed by atoms with E-state index in [4.69, 9.17) is 0 Å². The van der Waals surface area contributed by atoms with E-state index in [1.807, 2.05) is 12.1 Å². The number of carbonyl (C=O) groups excluding carboxylic acids is 1.